The van der Waals surface area contributed by atoms with Gasteiger partial charge in [0.05, 0.1) is 12.1 Å². The second-order valence-corrected chi connectivity index (χ2v) is 15.2. The molecule has 1 aliphatic carbocycles. The van der Waals surface area contributed by atoms with Crippen LogP contribution in [0.3, 0.4) is 0 Å². The Hall–Kier alpha value is -7.26. The van der Waals surface area contributed by atoms with E-state index in [1.54, 1.807) is 0 Å². The molecule has 0 aliphatic heterocycles. The lowest BCUT2D eigenvalue weighted by Crippen LogP contribution is -2.39. The van der Waals surface area contributed by atoms with Gasteiger partial charge in [0.15, 0.2) is 5.82 Å². The standard InChI is InChI=1S/C50H44N8O/c1-36-26-28-37(29-27-36)32-47(59)52-46-33-45(51-49(53-46)57(35-39-30-31-39)34-38-16-6-2-7-17-38)43-24-14-15-25-44(43)48-54-55-56-58(48)50(40-18-8-3-9-19-40,41-20-10-4-11-21-41)42-22-12-5-13-23-42/h2-29,33,39H,30-32,34-35H2,1H3,(H,51,52,53,59). The number of aromatic nitrogens is 6. The van der Waals surface area contributed by atoms with Crippen molar-refractivity contribution < 1.29 is 4.79 Å². The summed E-state index contributed by atoms with van der Waals surface area (Å²) in [6.07, 6.45) is 2.56. The van der Waals surface area contributed by atoms with Crippen LogP contribution in [0.5, 0.6) is 0 Å². The fourth-order valence-electron chi connectivity index (χ4n) is 7.88. The Balaban J connectivity index is 1.20. The minimum atomic E-state index is -0.946. The number of amides is 1. The van der Waals surface area contributed by atoms with Crippen molar-refractivity contribution >= 4 is 17.7 Å². The number of carbonyl (C=O) groups excluding carboxylic acids is 1. The number of hydrogen-bond donors (Lipinski definition) is 1. The van der Waals surface area contributed by atoms with Gasteiger partial charge < -0.3 is 10.2 Å². The summed E-state index contributed by atoms with van der Waals surface area (Å²) in [4.78, 5) is 26.3. The summed E-state index contributed by atoms with van der Waals surface area (Å²) >= 11 is 0. The van der Waals surface area contributed by atoms with Crippen molar-refractivity contribution in [2.75, 3.05) is 16.8 Å². The molecule has 1 amide bonds. The topological polar surface area (TPSA) is 102 Å². The number of benzene rings is 6. The van der Waals surface area contributed by atoms with Crippen LogP contribution in [0.15, 0.2) is 176 Å². The molecule has 9 heteroatoms. The third-order valence-electron chi connectivity index (χ3n) is 10.9. The minimum absolute atomic E-state index is 0.156. The third-order valence-corrected chi connectivity index (χ3v) is 10.9. The van der Waals surface area contributed by atoms with Gasteiger partial charge in [0, 0.05) is 30.3 Å². The number of tetrazole rings is 1. The van der Waals surface area contributed by atoms with E-state index in [0.717, 1.165) is 51.1 Å². The van der Waals surface area contributed by atoms with Crippen molar-refractivity contribution in [1.29, 1.82) is 0 Å². The van der Waals surface area contributed by atoms with Crippen molar-refractivity contribution in [1.82, 2.24) is 30.2 Å². The molecule has 1 fully saturated rings. The zero-order valence-corrected chi connectivity index (χ0v) is 32.9. The van der Waals surface area contributed by atoms with Crippen molar-refractivity contribution in [2.45, 2.75) is 38.3 Å². The van der Waals surface area contributed by atoms with Crippen LogP contribution < -0.4 is 10.2 Å². The Labute approximate surface area is 344 Å². The Kier molecular flexibility index (Phi) is 10.6. The van der Waals surface area contributed by atoms with Gasteiger partial charge in [0.25, 0.3) is 0 Å². The summed E-state index contributed by atoms with van der Waals surface area (Å²) in [6, 6.07) is 59.5. The first kappa shape index (κ1) is 37.3. The second-order valence-electron chi connectivity index (χ2n) is 15.2. The van der Waals surface area contributed by atoms with Crippen LogP contribution in [0.4, 0.5) is 11.8 Å². The van der Waals surface area contributed by atoms with Gasteiger partial charge in [0.1, 0.15) is 11.4 Å². The van der Waals surface area contributed by atoms with Gasteiger partial charge >= 0.3 is 0 Å². The molecule has 1 saturated carbocycles. The maximum atomic E-state index is 13.7. The molecule has 8 aromatic rings. The third kappa shape index (κ3) is 8.00. The first-order chi connectivity index (χ1) is 29.0. The van der Waals surface area contributed by atoms with E-state index in [1.165, 1.54) is 12.8 Å². The van der Waals surface area contributed by atoms with Gasteiger partial charge in [-0.2, -0.15) is 4.98 Å². The summed E-state index contributed by atoms with van der Waals surface area (Å²) in [6.45, 7) is 3.48. The van der Waals surface area contributed by atoms with Crippen LogP contribution >= 0.6 is 0 Å². The summed E-state index contributed by atoms with van der Waals surface area (Å²) in [5.74, 6) is 1.94. The minimum Gasteiger partial charge on any atom is -0.336 e. The SMILES string of the molecule is Cc1ccc(CC(=O)Nc2cc(-c3ccccc3-c3nnnn3C(c3ccccc3)(c3ccccc3)c3ccccc3)nc(N(Cc3ccccc3)CC3CC3)n2)cc1. The van der Waals surface area contributed by atoms with Gasteiger partial charge in [-0.15, -0.1) is 5.10 Å². The highest BCUT2D eigenvalue weighted by molar-refractivity contribution is 5.92. The van der Waals surface area contributed by atoms with Gasteiger partial charge in [0.2, 0.25) is 11.9 Å². The van der Waals surface area contributed by atoms with Gasteiger partial charge in [-0.3, -0.25) is 4.79 Å². The normalized spacial score (nSPS) is 12.6. The Morgan fingerprint density at radius 3 is 1.83 bits per heavy atom. The van der Waals surface area contributed by atoms with Gasteiger partial charge in [-0.1, -0.05) is 175 Å². The van der Waals surface area contributed by atoms with Gasteiger partial charge in [-0.25, -0.2) is 9.67 Å². The lowest BCUT2D eigenvalue weighted by atomic mass is 9.77. The molecule has 0 atom stereocenters. The summed E-state index contributed by atoms with van der Waals surface area (Å²) < 4.78 is 1.94. The number of carbonyl (C=O) groups is 1. The molecule has 0 spiro atoms. The van der Waals surface area contributed by atoms with Crippen LogP contribution in [-0.2, 0) is 23.3 Å². The molecule has 1 aliphatic rings. The molecule has 59 heavy (non-hydrogen) atoms. The molecule has 2 heterocycles. The number of hydrogen-bond acceptors (Lipinski definition) is 7. The van der Waals surface area contributed by atoms with Crippen LogP contribution in [0.1, 0.15) is 46.2 Å². The molecule has 0 unspecified atom stereocenters. The number of anilines is 2. The average molecular weight is 773 g/mol. The monoisotopic (exact) mass is 772 g/mol. The number of nitrogens with one attached hydrogen (secondary N) is 1. The predicted octanol–water partition coefficient (Wildman–Crippen LogP) is 9.54. The Bertz CT molecular complexity index is 2550. The van der Waals surface area contributed by atoms with E-state index in [2.05, 4.69) is 76.1 Å². The number of aryl methyl sites for hydroxylation is 1. The largest absolute Gasteiger partial charge is 0.336 e. The lowest BCUT2D eigenvalue weighted by molar-refractivity contribution is -0.115. The van der Waals surface area contributed by atoms with Crippen molar-refractivity contribution in [3.05, 3.63) is 209 Å². The maximum Gasteiger partial charge on any atom is 0.229 e. The van der Waals surface area contributed by atoms with E-state index in [0.29, 0.717) is 35.7 Å². The molecular formula is C50H44N8O. The van der Waals surface area contributed by atoms with E-state index < -0.39 is 5.54 Å². The van der Waals surface area contributed by atoms with E-state index in [1.807, 2.05) is 127 Å². The predicted molar refractivity (Wildman–Crippen MR) is 233 cm³/mol. The molecule has 9 nitrogen and oxygen atoms in total. The molecule has 290 valence electrons. The maximum absolute atomic E-state index is 13.7. The first-order valence-corrected chi connectivity index (χ1v) is 20.1. The molecule has 0 saturated heterocycles. The molecule has 2 aromatic heterocycles. The molecule has 0 radical (unpaired) electrons. The highest BCUT2D eigenvalue weighted by atomic mass is 16.1. The van der Waals surface area contributed by atoms with E-state index in [4.69, 9.17) is 20.3 Å². The van der Waals surface area contributed by atoms with Crippen molar-refractivity contribution in [2.24, 2.45) is 5.92 Å². The number of nitrogens with zero attached hydrogens (tertiary/aromatic N) is 7. The highest BCUT2D eigenvalue weighted by Crippen LogP contribution is 2.43. The number of rotatable bonds is 14. The molecule has 6 aromatic carbocycles. The molecule has 0 bridgehead atoms. The fourth-order valence-corrected chi connectivity index (χ4v) is 7.88. The van der Waals surface area contributed by atoms with Crippen LogP contribution in [0.25, 0.3) is 22.6 Å². The zero-order valence-electron chi connectivity index (χ0n) is 32.9. The lowest BCUT2D eigenvalue weighted by Gasteiger charge is -2.36. The quantitative estimate of drug-likeness (QED) is 0.110. The Morgan fingerprint density at radius 1 is 0.678 bits per heavy atom. The molecule has 9 rings (SSSR count). The van der Waals surface area contributed by atoms with Gasteiger partial charge in [-0.05, 0) is 63.9 Å². The summed E-state index contributed by atoms with van der Waals surface area (Å²) in [7, 11) is 0. The van der Waals surface area contributed by atoms with Crippen LogP contribution in [0, 0.1) is 12.8 Å². The van der Waals surface area contributed by atoms with Crippen LogP contribution in [-0.4, -0.2) is 42.6 Å². The average Bonchev–Trinajstić information content (AvgIpc) is 3.98. The molecule has 1 N–H and O–H groups in total. The van der Waals surface area contributed by atoms with E-state index in [-0.39, 0.29) is 12.3 Å². The van der Waals surface area contributed by atoms with Crippen LogP contribution in [0.2, 0.25) is 0 Å². The smallest absolute Gasteiger partial charge is 0.229 e. The van der Waals surface area contributed by atoms with E-state index in [9.17, 15) is 4.79 Å². The zero-order chi connectivity index (χ0) is 40.0. The molecular weight excluding hydrogens is 729 g/mol. The van der Waals surface area contributed by atoms with E-state index >= 15 is 0 Å². The summed E-state index contributed by atoms with van der Waals surface area (Å²) in [5.41, 5.74) is 7.52. The second kappa shape index (κ2) is 16.7. The fraction of sp³-hybridized carbons (Fsp3) is 0.160. The first-order valence-electron chi connectivity index (χ1n) is 20.1. The Morgan fingerprint density at radius 2 is 1.24 bits per heavy atom. The van der Waals surface area contributed by atoms with Crippen molar-refractivity contribution in [3.63, 3.8) is 0 Å². The highest BCUT2D eigenvalue weighted by Gasteiger charge is 2.42. The summed E-state index contributed by atoms with van der Waals surface area (Å²) in [5, 5.41) is 17.1. The van der Waals surface area contributed by atoms with Crippen molar-refractivity contribution in [3.8, 4) is 22.6 Å².